The smallest absolute Gasteiger partial charge is 0.235 e. The molecule has 0 unspecified atom stereocenters. The Balaban J connectivity index is 0.00000228. The quantitative estimate of drug-likeness (QED) is 0.559. The molecule has 1 amide bonds. The van der Waals surface area contributed by atoms with Gasteiger partial charge >= 0.3 is 0 Å². The van der Waals surface area contributed by atoms with Crippen molar-refractivity contribution in [2.24, 2.45) is 23.2 Å². The van der Waals surface area contributed by atoms with E-state index in [-0.39, 0.29) is 29.5 Å². The minimum absolute atomic E-state index is 0. The molecule has 1 saturated heterocycles. The van der Waals surface area contributed by atoms with Crippen LogP contribution in [0.5, 0.6) is 0 Å². The fourth-order valence-electron chi connectivity index (χ4n) is 7.22. The Hall–Kier alpha value is -1.28. The highest BCUT2D eigenvalue weighted by Crippen LogP contribution is 2.60. The van der Waals surface area contributed by atoms with Gasteiger partial charge in [-0.05, 0) is 80.9 Å². The molecule has 0 N–H and O–H groups in total. The molecule has 33 heavy (non-hydrogen) atoms. The summed E-state index contributed by atoms with van der Waals surface area (Å²) in [6.07, 6.45) is 8.05. The fourth-order valence-corrected chi connectivity index (χ4v) is 8.24. The number of thiazole rings is 1. The van der Waals surface area contributed by atoms with Gasteiger partial charge in [0.05, 0.1) is 28.8 Å². The first-order valence-electron chi connectivity index (χ1n) is 12.3. The van der Waals surface area contributed by atoms with E-state index in [0.717, 1.165) is 91.6 Å². The van der Waals surface area contributed by atoms with E-state index in [1.54, 1.807) is 6.07 Å². The summed E-state index contributed by atoms with van der Waals surface area (Å²) in [5, 5.41) is 0.744. The van der Waals surface area contributed by atoms with Gasteiger partial charge in [0.15, 0.2) is 5.13 Å². The molecule has 180 valence electrons. The summed E-state index contributed by atoms with van der Waals surface area (Å²) in [6.45, 7) is 5.15. The number of ether oxygens (including phenoxy) is 1. The van der Waals surface area contributed by atoms with Crippen molar-refractivity contribution in [3.05, 3.63) is 24.0 Å². The number of benzene rings is 1. The zero-order valence-electron chi connectivity index (χ0n) is 19.0. The second kappa shape index (κ2) is 9.40. The lowest BCUT2D eigenvalue weighted by atomic mass is 9.49. The third-order valence-electron chi connectivity index (χ3n) is 8.27. The molecule has 4 aliphatic carbocycles. The molecule has 0 spiro atoms. The standard InChI is InChI=1S/C25H32FN3O2S.ClH/c26-20-2-3-21-22(13-20)32-24(27-21)29(5-1-4-28-6-8-31-9-7-28)23(30)25-14-17-10-18(15-25)12-19(11-17)16-25;/h2-3,13,17-19H,1,4-12,14-16H2;1H. The van der Waals surface area contributed by atoms with Crippen molar-refractivity contribution in [2.75, 3.05) is 44.3 Å². The fraction of sp³-hybridized carbons (Fsp3) is 0.680. The number of aromatic nitrogens is 1. The molecule has 5 fully saturated rings. The summed E-state index contributed by atoms with van der Waals surface area (Å²) in [6, 6.07) is 4.72. The molecule has 4 saturated carbocycles. The van der Waals surface area contributed by atoms with Gasteiger partial charge in [0, 0.05) is 26.2 Å². The number of halogens is 2. The number of carbonyl (C=O) groups is 1. The van der Waals surface area contributed by atoms with Gasteiger partial charge in [-0.2, -0.15) is 0 Å². The summed E-state index contributed by atoms with van der Waals surface area (Å²) >= 11 is 1.46. The molecule has 2 heterocycles. The Morgan fingerprint density at radius 1 is 1.15 bits per heavy atom. The minimum Gasteiger partial charge on any atom is -0.379 e. The number of anilines is 1. The second-order valence-electron chi connectivity index (χ2n) is 10.6. The van der Waals surface area contributed by atoms with Crippen LogP contribution in [0.1, 0.15) is 44.9 Å². The number of rotatable bonds is 6. The van der Waals surface area contributed by atoms with Gasteiger partial charge in [0.1, 0.15) is 5.82 Å². The lowest BCUT2D eigenvalue weighted by molar-refractivity contribution is -0.143. The van der Waals surface area contributed by atoms with E-state index in [0.29, 0.717) is 6.54 Å². The Bertz CT molecular complexity index is 973. The van der Waals surface area contributed by atoms with Crippen LogP contribution in [0.3, 0.4) is 0 Å². The van der Waals surface area contributed by atoms with Crippen LogP contribution in [0.2, 0.25) is 0 Å². The first-order chi connectivity index (χ1) is 15.6. The number of hydrogen-bond acceptors (Lipinski definition) is 5. The number of hydrogen-bond donors (Lipinski definition) is 0. The Kier molecular flexibility index (Phi) is 6.68. The molecule has 2 aromatic rings. The average molecular weight is 494 g/mol. The highest BCUT2D eigenvalue weighted by molar-refractivity contribution is 7.22. The summed E-state index contributed by atoms with van der Waals surface area (Å²) in [4.78, 5) is 23.4. The minimum atomic E-state index is -0.251. The van der Waals surface area contributed by atoms with Crippen LogP contribution in [-0.2, 0) is 9.53 Å². The molecule has 4 bridgehead atoms. The third-order valence-corrected chi connectivity index (χ3v) is 9.31. The molecule has 5 aliphatic rings. The largest absolute Gasteiger partial charge is 0.379 e. The van der Waals surface area contributed by atoms with Crippen LogP contribution in [-0.4, -0.2) is 55.2 Å². The Morgan fingerprint density at radius 3 is 2.48 bits per heavy atom. The number of morpholine rings is 1. The molecular formula is C25H33ClFN3O2S. The van der Waals surface area contributed by atoms with Crippen LogP contribution < -0.4 is 4.90 Å². The third kappa shape index (κ3) is 4.54. The van der Waals surface area contributed by atoms with Crippen LogP contribution in [0.15, 0.2) is 18.2 Å². The molecule has 0 atom stereocenters. The van der Waals surface area contributed by atoms with Gasteiger partial charge < -0.3 is 4.74 Å². The topological polar surface area (TPSA) is 45.7 Å². The van der Waals surface area contributed by atoms with Crippen LogP contribution >= 0.6 is 23.7 Å². The van der Waals surface area contributed by atoms with Gasteiger partial charge in [-0.15, -0.1) is 12.4 Å². The number of nitrogens with zero attached hydrogens (tertiary/aromatic N) is 3. The van der Waals surface area contributed by atoms with E-state index in [1.807, 2.05) is 4.90 Å². The van der Waals surface area contributed by atoms with Crippen molar-refractivity contribution in [1.82, 2.24) is 9.88 Å². The predicted molar refractivity (Wildman–Crippen MR) is 132 cm³/mol. The zero-order valence-corrected chi connectivity index (χ0v) is 20.6. The zero-order chi connectivity index (χ0) is 21.7. The second-order valence-corrected chi connectivity index (χ2v) is 11.6. The van der Waals surface area contributed by atoms with Gasteiger partial charge in [0.25, 0.3) is 0 Å². The highest BCUT2D eigenvalue weighted by atomic mass is 35.5. The first kappa shape index (κ1) is 23.5. The maximum atomic E-state index is 14.2. The van der Waals surface area contributed by atoms with Crippen molar-refractivity contribution >= 4 is 45.0 Å². The molecule has 1 aromatic heterocycles. The predicted octanol–water partition coefficient (Wildman–Crippen LogP) is 5.13. The number of amides is 1. The van der Waals surface area contributed by atoms with Crippen LogP contribution in [0.25, 0.3) is 10.2 Å². The number of fused-ring (bicyclic) bond motifs is 1. The van der Waals surface area contributed by atoms with E-state index in [1.165, 1.54) is 42.7 Å². The molecule has 1 aromatic carbocycles. The molecule has 0 radical (unpaired) electrons. The summed E-state index contributed by atoms with van der Waals surface area (Å²) in [7, 11) is 0. The van der Waals surface area contributed by atoms with Crippen molar-refractivity contribution in [3.8, 4) is 0 Å². The summed E-state index contributed by atoms with van der Waals surface area (Å²) in [5.74, 6) is 2.22. The highest BCUT2D eigenvalue weighted by Gasteiger charge is 2.56. The number of carbonyl (C=O) groups excluding carboxylic acids is 1. The van der Waals surface area contributed by atoms with Gasteiger partial charge in [0.2, 0.25) is 5.91 Å². The lowest BCUT2D eigenvalue weighted by Gasteiger charge is -2.56. The van der Waals surface area contributed by atoms with Crippen molar-refractivity contribution in [2.45, 2.75) is 44.9 Å². The van der Waals surface area contributed by atoms with E-state index in [2.05, 4.69) is 4.90 Å². The SMILES string of the molecule is Cl.O=C(N(CCCN1CCOCC1)c1nc2ccc(F)cc2s1)C12CC3CC(CC(C3)C1)C2. The monoisotopic (exact) mass is 493 g/mol. The van der Waals surface area contributed by atoms with E-state index in [4.69, 9.17) is 9.72 Å². The molecule has 5 nitrogen and oxygen atoms in total. The van der Waals surface area contributed by atoms with E-state index < -0.39 is 0 Å². The maximum Gasteiger partial charge on any atom is 0.235 e. The van der Waals surface area contributed by atoms with Crippen molar-refractivity contribution < 1.29 is 13.9 Å². The van der Waals surface area contributed by atoms with E-state index in [9.17, 15) is 9.18 Å². The Morgan fingerprint density at radius 2 is 1.82 bits per heavy atom. The summed E-state index contributed by atoms with van der Waals surface area (Å²) in [5.41, 5.74) is 0.583. The molecular weight excluding hydrogens is 461 g/mol. The molecule has 8 heteroatoms. The van der Waals surface area contributed by atoms with Crippen molar-refractivity contribution in [3.63, 3.8) is 0 Å². The average Bonchev–Trinajstić information content (AvgIpc) is 3.19. The van der Waals surface area contributed by atoms with Crippen LogP contribution in [0.4, 0.5) is 9.52 Å². The summed E-state index contributed by atoms with van der Waals surface area (Å²) < 4.78 is 20.1. The van der Waals surface area contributed by atoms with Gasteiger partial charge in [-0.25, -0.2) is 9.37 Å². The van der Waals surface area contributed by atoms with Gasteiger partial charge in [-0.1, -0.05) is 11.3 Å². The normalized spacial score (nSPS) is 31.0. The molecule has 1 aliphatic heterocycles. The van der Waals surface area contributed by atoms with Gasteiger partial charge in [-0.3, -0.25) is 14.6 Å². The first-order valence-corrected chi connectivity index (χ1v) is 13.1. The van der Waals surface area contributed by atoms with E-state index >= 15 is 0 Å². The Labute approximate surface area is 205 Å². The lowest BCUT2D eigenvalue weighted by Crippen LogP contribution is -2.55. The van der Waals surface area contributed by atoms with Crippen LogP contribution in [0, 0.1) is 29.0 Å². The van der Waals surface area contributed by atoms with Crippen molar-refractivity contribution in [1.29, 1.82) is 0 Å². The maximum absolute atomic E-state index is 14.2. The molecule has 7 rings (SSSR count).